The zero-order valence-corrected chi connectivity index (χ0v) is 14.8. The van der Waals surface area contributed by atoms with Crippen molar-refractivity contribution in [3.05, 3.63) is 42.1 Å². The minimum atomic E-state index is -3.72. The molecule has 3 rings (SSSR count). The van der Waals surface area contributed by atoms with Crippen LogP contribution in [-0.2, 0) is 21.5 Å². The fraction of sp³-hybridized carbons (Fsp3) is 0.412. The van der Waals surface area contributed by atoms with Gasteiger partial charge in [0.05, 0.1) is 11.4 Å². The van der Waals surface area contributed by atoms with Gasteiger partial charge in [-0.05, 0) is 24.5 Å². The van der Waals surface area contributed by atoms with Crippen molar-refractivity contribution in [1.82, 2.24) is 13.6 Å². The molecule has 25 heavy (non-hydrogen) atoms. The summed E-state index contributed by atoms with van der Waals surface area (Å²) in [5.41, 5.74) is 1.59. The van der Waals surface area contributed by atoms with Gasteiger partial charge in [0.1, 0.15) is 0 Å². The number of aromatic nitrogens is 1. The van der Waals surface area contributed by atoms with Crippen molar-refractivity contribution in [3.63, 3.8) is 0 Å². The summed E-state index contributed by atoms with van der Waals surface area (Å²) in [6, 6.07) is 9.44. The maximum absolute atomic E-state index is 12.8. The van der Waals surface area contributed by atoms with E-state index in [0.29, 0.717) is 19.4 Å². The summed E-state index contributed by atoms with van der Waals surface area (Å²) in [6.45, 7) is 0.560. The molecule has 1 aromatic heterocycles. The van der Waals surface area contributed by atoms with Gasteiger partial charge in [-0.25, -0.2) is 0 Å². The first-order valence-electron chi connectivity index (χ1n) is 8.16. The number of nitrogens with zero attached hydrogens (tertiary/aromatic N) is 3. The molecule has 1 aliphatic rings. The highest BCUT2D eigenvalue weighted by Crippen LogP contribution is 2.23. The van der Waals surface area contributed by atoms with E-state index in [0.717, 1.165) is 16.5 Å². The summed E-state index contributed by atoms with van der Waals surface area (Å²) in [6.07, 6.45) is 2.75. The van der Waals surface area contributed by atoms with Crippen LogP contribution in [0.15, 0.2) is 36.5 Å². The molecule has 0 spiro atoms. The Morgan fingerprint density at radius 3 is 2.88 bits per heavy atom. The third kappa shape index (κ3) is 3.65. The summed E-state index contributed by atoms with van der Waals surface area (Å²) < 4.78 is 28.2. The lowest BCUT2D eigenvalue weighted by molar-refractivity contribution is -0.142. The topological polar surface area (TPSA) is 90.8 Å². The maximum Gasteiger partial charge on any atom is 0.307 e. The first-order valence-corrected chi connectivity index (χ1v) is 9.56. The van der Waals surface area contributed by atoms with Crippen LogP contribution in [0.2, 0.25) is 0 Å². The van der Waals surface area contributed by atoms with Crippen molar-refractivity contribution in [3.8, 4) is 0 Å². The van der Waals surface area contributed by atoms with Crippen LogP contribution in [-0.4, -0.2) is 53.2 Å². The number of aliphatic carboxylic acids is 1. The van der Waals surface area contributed by atoms with E-state index < -0.39 is 22.1 Å². The molecule has 0 saturated carbocycles. The Morgan fingerprint density at radius 2 is 2.12 bits per heavy atom. The SMILES string of the molecule is CN(Cc1cccc2cccnc12)S(=O)(=O)N1CCCC(C(=O)O)C1. The van der Waals surface area contributed by atoms with Crippen molar-refractivity contribution in [1.29, 1.82) is 0 Å². The average molecular weight is 363 g/mol. The number of carboxylic acids is 1. The summed E-state index contributed by atoms with van der Waals surface area (Å²) in [5, 5.41) is 10.1. The minimum absolute atomic E-state index is 0.0236. The third-order valence-corrected chi connectivity index (χ3v) is 6.46. The second-order valence-electron chi connectivity index (χ2n) is 6.29. The molecule has 1 unspecified atom stereocenters. The van der Waals surface area contributed by atoms with Crippen molar-refractivity contribution >= 4 is 27.1 Å². The molecule has 0 amide bonds. The molecule has 0 bridgehead atoms. The minimum Gasteiger partial charge on any atom is -0.481 e. The Morgan fingerprint density at radius 1 is 1.36 bits per heavy atom. The molecule has 7 nitrogen and oxygen atoms in total. The molecule has 1 saturated heterocycles. The Bertz CT molecular complexity index is 879. The molecular weight excluding hydrogens is 342 g/mol. The first kappa shape index (κ1) is 17.8. The third-order valence-electron chi connectivity index (χ3n) is 4.56. The number of para-hydroxylation sites is 1. The van der Waals surface area contributed by atoms with Gasteiger partial charge in [-0.2, -0.15) is 17.0 Å². The number of rotatable bonds is 5. The number of carboxylic acid groups (broad SMARTS) is 1. The number of piperidine rings is 1. The molecule has 0 radical (unpaired) electrons. The number of benzene rings is 1. The standard InChI is InChI=1S/C17H21N3O4S/c1-19(11-14-6-2-5-13-7-3-9-18-16(13)14)25(23,24)20-10-4-8-15(12-20)17(21)22/h2-3,5-7,9,15H,4,8,10-12H2,1H3,(H,21,22). The van der Waals surface area contributed by atoms with Gasteiger partial charge < -0.3 is 5.11 Å². The molecule has 134 valence electrons. The number of hydrogen-bond acceptors (Lipinski definition) is 4. The van der Waals surface area contributed by atoms with Crippen molar-refractivity contribution < 1.29 is 18.3 Å². The Labute approximate surface area is 147 Å². The summed E-state index contributed by atoms with van der Waals surface area (Å²) >= 11 is 0. The zero-order chi connectivity index (χ0) is 18.0. The lowest BCUT2D eigenvalue weighted by Crippen LogP contribution is -2.47. The van der Waals surface area contributed by atoms with Crippen LogP contribution < -0.4 is 0 Å². The van der Waals surface area contributed by atoms with E-state index in [4.69, 9.17) is 0 Å². The predicted molar refractivity (Wildman–Crippen MR) is 94.1 cm³/mol. The normalized spacial score (nSPS) is 19.4. The van der Waals surface area contributed by atoms with Gasteiger partial charge >= 0.3 is 5.97 Å². The number of hydrogen-bond donors (Lipinski definition) is 1. The van der Waals surface area contributed by atoms with E-state index in [1.165, 1.54) is 15.7 Å². The van der Waals surface area contributed by atoms with Crippen LogP contribution >= 0.6 is 0 Å². The highest BCUT2D eigenvalue weighted by Gasteiger charge is 2.34. The Kier molecular flexibility index (Phi) is 5.03. The van der Waals surface area contributed by atoms with Gasteiger partial charge in [0.2, 0.25) is 0 Å². The highest BCUT2D eigenvalue weighted by molar-refractivity contribution is 7.86. The molecule has 1 N–H and O–H groups in total. The number of carbonyl (C=O) groups is 1. The molecule has 0 aliphatic carbocycles. The van der Waals surface area contributed by atoms with Crippen molar-refractivity contribution in [2.45, 2.75) is 19.4 Å². The van der Waals surface area contributed by atoms with Crippen LogP contribution in [0.5, 0.6) is 0 Å². The first-order chi connectivity index (χ1) is 11.9. The van der Waals surface area contributed by atoms with Crippen molar-refractivity contribution in [2.24, 2.45) is 5.92 Å². The van der Waals surface area contributed by atoms with Crippen molar-refractivity contribution in [2.75, 3.05) is 20.1 Å². The summed E-state index contributed by atoms with van der Waals surface area (Å²) in [7, 11) is -2.20. The van der Waals surface area contributed by atoms with Crippen LogP contribution in [0, 0.1) is 5.92 Å². The van der Waals surface area contributed by atoms with Gasteiger partial charge in [-0.15, -0.1) is 0 Å². The Hall–Kier alpha value is -2.03. The molecule has 8 heteroatoms. The monoisotopic (exact) mass is 363 g/mol. The predicted octanol–water partition coefficient (Wildman–Crippen LogP) is 1.71. The number of fused-ring (bicyclic) bond motifs is 1. The van der Waals surface area contributed by atoms with E-state index in [1.54, 1.807) is 6.20 Å². The lowest BCUT2D eigenvalue weighted by atomic mass is 10.0. The second kappa shape index (κ2) is 7.07. The van der Waals surface area contributed by atoms with Crippen LogP contribution in [0.3, 0.4) is 0 Å². The van der Waals surface area contributed by atoms with Crippen LogP contribution in [0.25, 0.3) is 10.9 Å². The number of pyridine rings is 1. The van der Waals surface area contributed by atoms with E-state index in [1.807, 2.05) is 30.3 Å². The maximum atomic E-state index is 12.8. The smallest absolute Gasteiger partial charge is 0.307 e. The zero-order valence-electron chi connectivity index (χ0n) is 14.0. The van der Waals surface area contributed by atoms with Gasteiger partial charge in [-0.1, -0.05) is 24.3 Å². The molecule has 1 atom stereocenters. The molecule has 2 heterocycles. The summed E-state index contributed by atoms with van der Waals surface area (Å²) in [4.78, 5) is 15.5. The fourth-order valence-electron chi connectivity index (χ4n) is 3.17. The van der Waals surface area contributed by atoms with Gasteiger partial charge in [0.25, 0.3) is 10.2 Å². The lowest BCUT2D eigenvalue weighted by Gasteiger charge is -2.32. The molecule has 1 aromatic carbocycles. The summed E-state index contributed by atoms with van der Waals surface area (Å²) in [5.74, 6) is -1.59. The molecule has 1 fully saturated rings. The van der Waals surface area contributed by atoms with Gasteiger partial charge in [-0.3, -0.25) is 9.78 Å². The van der Waals surface area contributed by atoms with Crippen LogP contribution in [0.4, 0.5) is 0 Å². The van der Waals surface area contributed by atoms with Gasteiger partial charge in [0.15, 0.2) is 0 Å². The average Bonchev–Trinajstić information content (AvgIpc) is 2.62. The molecule has 1 aliphatic heterocycles. The van der Waals surface area contributed by atoms with Crippen LogP contribution in [0.1, 0.15) is 18.4 Å². The van der Waals surface area contributed by atoms with E-state index >= 15 is 0 Å². The second-order valence-corrected chi connectivity index (χ2v) is 8.33. The molecule has 2 aromatic rings. The largest absolute Gasteiger partial charge is 0.481 e. The fourth-order valence-corrected chi connectivity index (χ4v) is 4.59. The van der Waals surface area contributed by atoms with E-state index in [9.17, 15) is 18.3 Å². The molecular formula is C17H21N3O4S. The highest BCUT2D eigenvalue weighted by atomic mass is 32.2. The Balaban J connectivity index is 1.81. The van der Waals surface area contributed by atoms with Gasteiger partial charge in [0, 0.05) is 38.3 Å². The van der Waals surface area contributed by atoms with E-state index in [2.05, 4.69) is 4.98 Å². The quantitative estimate of drug-likeness (QED) is 0.873. The van der Waals surface area contributed by atoms with E-state index in [-0.39, 0.29) is 13.1 Å².